The van der Waals surface area contributed by atoms with Crippen molar-refractivity contribution in [1.82, 2.24) is 19.6 Å². The summed E-state index contributed by atoms with van der Waals surface area (Å²) in [7, 11) is 0. The van der Waals surface area contributed by atoms with Crippen LogP contribution in [0.15, 0.2) is 77.1 Å². The van der Waals surface area contributed by atoms with Crippen molar-refractivity contribution in [3.8, 4) is 0 Å². The number of nitrogen functional groups attached to an aromatic ring is 1. The highest BCUT2D eigenvalue weighted by Gasteiger charge is 2.55. The smallest absolute Gasteiger partial charge is 0.356 e. The van der Waals surface area contributed by atoms with Gasteiger partial charge in [-0.15, -0.1) is 11.8 Å². The van der Waals surface area contributed by atoms with Gasteiger partial charge in [-0.25, -0.2) is 9.59 Å². The van der Waals surface area contributed by atoms with Crippen molar-refractivity contribution in [2.45, 2.75) is 63.3 Å². The van der Waals surface area contributed by atoms with Crippen LogP contribution in [0.3, 0.4) is 0 Å². The number of anilines is 1. The molecule has 2 aliphatic rings. The second-order valence-electron chi connectivity index (χ2n) is 12.6. The lowest BCUT2D eigenvalue weighted by Gasteiger charge is -2.49. The molecule has 1 saturated heterocycles. The van der Waals surface area contributed by atoms with E-state index in [2.05, 4.69) is 42.4 Å². The van der Waals surface area contributed by atoms with Crippen molar-refractivity contribution in [3.63, 3.8) is 0 Å². The molecule has 5 rings (SSSR count). The molecule has 13 nitrogen and oxygen atoms in total. The summed E-state index contributed by atoms with van der Waals surface area (Å²) >= 11 is 4.40. The van der Waals surface area contributed by atoms with E-state index in [1.807, 2.05) is 60.7 Å². The second-order valence-corrected chi connectivity index (χ2v) is 15.2. The van der Waals surface area contributed by atoms with Crippen LogP contribution in [0, 0.1) is 0 Å². The lowest BCUT2D eigenvalue weighted by Crippen LogP contribution is -2.71. The Balaban J connectivity index is 1.36. The van der Waals surface area contributed by atoms with Crippen molar-refractivity contribution in [3.05, 3.63) is 88.9 Å². The Kier molecular flexibility index (Phi) is 11.0. The Morgan fingerprint density at radius 1 is 1.06 bits per heavy atom. The number of thioether (sulfide) groups is 1. The SMILES string of the molecule is CC(C)(C)OC(=O)C(C)(C)O/N=C(\C(=O)N[C@@H]1C(=O)N2C(C(=O)OC(c3ccccc3)c3ccccc3)=C(CI)CS[C@@H]12)c1nsc(N)n1. The fourth-order valence-corrected chi connectivity index (χ4v) is 7.62. The highest BCUT2D eigenvalue weighted by Crippen LogP contribution is 2.42. The molecule has 16 heteroatoms. The van der Waals surface area contributed by atoms with E-state index in [-0.39, 0.29) is 16.7 Å². The minimum absolute atomic E-state index is 0.0690. The van der Waals surface area contributed by atoms with Crippen molar-refractivity contribution in [1.29, 1.82) is 0 Å². The molecule has 3 aromatic rings. The van der Waals surface area contributed by atoms with Gasteiger partial charge in [0.2, 0.25) is 17.1 Å². The summed E-state index contributed by atoms with van der Waals surface area (Å²) in [5, 5.41) is 6.10. The Bertz CT molecular complexity index is 1750. The van der Waals surface area contributed by atoms with Crippen LogP contribution in [0.5, 0.6) is 0 Å². The van der Waals surface area contributed by atoms with Gasteiger partial charge in [0.1, 0.15) is 22.7 Å². The molecular formula is C33H35IN6O7S2. The number of esters is 2. The first-order valence-corrected chi connectivity index (χ1v) is 18.5. The second kappa shape index (κ2) is 14.8. The lowest BCUT2D eigenvalue weighted by atomic mass is 10.0. The number of amides is 2. The largest absolute Gasteiger partial charge is 0.457 e. The zero-order chi connectivity index (χ0) is 35.5. The van der Waals surface area contributed by atoms with Gasteiger partial charge >= 0.3 is 11.9 Å². The van der Waals surface area contributed by atoms with Crippen LogP contribution >= 0.6 is 45.9 Å². The molecule has 0 aliphatic carbocycles. The van der Waals surface area contributed by atoms with Crippen molar-refractivity contribution in [2.24, 2.45) is 5.16 Å². The van der Waals surface area contributed by atoms with Gasteiger partial charge in [0.25, 0.3) is 11.8 Å². The maximum atomic E-state index is 13.9. The highest BCUT2D eigenvalue weighted by molar-refractivity contribution is 14.1. The van der Waals surface area contributed by atoms with Gasteiger partial charge in [-0.2, -0.15) is 9.36 Å². The van der Waals surface area contributed by atoms with Crippen LogP contribution in [0.2, 0.25) is 0 Å². The number of oxime groups is 1. The lowest BCUT2D eigenvalue weighted by molar-refractivity contribution is -0.179. The first kappa shape index (κ1) is 36.3. The van der Waals surface area contributed by atoms with E-state index in [4.69, 9.17) is 20.0 Å². The minimum Gasteiger partial charge on any atom is -0.457 e. The minimum atomic E-state index is -1.59. The number of hydrogen-bond acceptors (Lipinski definition) is 13. The number of β-lactam (4-membered cyclic amide) rings is 1. The Labute approximate surface area is 305 Å². The molecule has 2 atom stereocenters. The number of rotatable bonds is 11. The average Bonchev–Trinajstić information content (AvgIpc) is 3.50. The number of benzene rings is 2. The molecule has 2 aliphatic heterocycles. The standard InChI is InChI=1S/C33H35IN6O7S2/c1-32(2,3)46-30(44)33(4,5)47-38-21(25-37-31(35)49-39-25)26(41)36-22-27(42)40-23(20(16-34)17-48-28(22)40)29(43)45-24(18-12-8-6-9-13-18)19-14-10-7-11-15-19/h6-15,22,24,28H,16-17H2,1-5H3,(H,36,41)(H2,35,37,39)/b38-21-/t22-,28+/m1/s1. The molecule has 3 N–H and O–H groups in total. The summed E-state index contributed by atoms with van der Waals surface area (Å²) in [6.45, 7) is 8.00. The van der Waals surface area contributed by atoms with E-state index in [0.717, 1.165) is 28.2 Å². The van der Waals surface area contributed by atoms with E-state index < -0.39 is 58.2 Å². The molecule has 1 fully saturated rings. The number of carbonyl (C=O) groups excluding carboxylic acids is 4. The Hall–Kier alpha value is -4.03. The zero-order valence-corrected chi connectivity index (χ0v) is 31.1. The predicted molar refractivity (Wildman–Crippen MR) is 194 cm³/mol. The monoisotopic (exact) mass is 818 g/mol. The molecule has 1 aromatic heterocycles. The molecule has 0 bridgehead atoms. The van der Waals surface area contributed by atoms with Gasteiger partial charge in [-0.1, -0.05) is 88.4 Å². The van der Waals surface area contributed by atoms with Gasteiger partial charge < -0.3 is 25.4 Å². The van der Waals surface area contributed by atoms with E-state index >= 15 is 0 Å². The van der Waals surface area contributed by atoms with Crippen LogP contribution < -0.4 is 11.1 Å². The molecule has 0 spiro atoms. The van der Waals surface area contributed by atoms with Crippen LogP contribution in [0.4, 0.5) is 5.13 Å². The number of alkyl halides is 1. The van der Waals surface area contributed by atoms with Crippen LogP contribution in [0.25, 0.3) is 0 Å². The number of hydrogen-bond donors (Lipinski definition) is 2. The summed E-state index contributed by atoms with van der Waals surface area (Å²) in [5.74, 6) is -2.41. The van der Waals surface area contributed by atoms with Crippen molar-refractivity contribution >= 4 is 80.5 Å². The van der Waals surface area contributed by atoms with Gasteiger partial charge in [-0.3, -0.25) is 14.5 Å². The average molecular weight is 819 g/mol. The summed E-state index contributed by atoms with van der Waals surface area (Å²) in [6.07, 6.45) is -0.709. The van der Waals surface area contributed by atoms with Gasteiger partial charge in [-0.05, 0) is 51.3 Å². The fourth-order valence-electron chi connectivity index (χ4n) is 4.84. The number of aromatic nitrogens is 2. The van der Waals surface area contributed by atoms with Gasteiger partial charge in [0.15, 0.2) is 11.2 Å². The molecule has 0 saturated carbocycles. The van der Waals surface area contributed by atoms with Crippen molar-refractivity contribution in [2.75, 3.05) is 15.9 Å². The maximum absolute atomic E-state index is 13.9. The molecule has 2 aromatic carbocycles. The number of halogens is 1. The van der Waals surface area contributed by atoms with Crippen LogP contribution in [-0.2, 0) is 33.5 Å². The van der Waals surface area contributed by atoms with Crippen LogP contribution in [0.1, 0.15) is 57.7 Å². The van der Waals surface area contributed by atoms with E-state index in [1.54, 1.807) is 20.8 Å². The number of nitrogens with zero attached hydrogens (tertiary/aromatic N) is 4. The summed E-state index contributed by atoms with van der Waals surface area (Å²) in [6, 6.07) is 17.7. The summed E-state index contributed by atoms with van der Waals surface area (Å²) in [5.41, 5.74) is 5.46. The highest BCUT2D eigenvalue weighted by atomic mass is 127. The molecule has 49 heavy (non-hydrogen) atoms. The quantitative estimate of drug-likeness (QED) is 0.0702. The number of carbonyl (C=O) groups is 4. The normalized spacial score (nSPS) is 18.1. The van der Waals surface area contributed by atoms with Crippen LogP contribution in [-0.4, -0.2) is 76.5 Å². The molecule has 2 amide bonds. The predicted octanol–water partition coefficient (Wildman–Crippen LogP) is 4.38. The topological polar surface area (TPSA) is 175 Å². The zero-order valence-electron chi connectivity index (χ0n) is 27.3. The van der Waals surface area contributed by atoms with E-state index in [0.29, 0.717) is 10.2 Å². The number of nitrogens with one attached hydrogen (secondary N) is 1. The van der Waals surface area contributed by atoms with Crippen molar-refractivity contribution < 1.29 is 33.5 Å². The first-order chi connectivity index (χ1) is 23.2. The third-order valence-electron chi connectivity index (χ3n) is 7.24. The summed E-state index contributed by atoms with van der Waals surface area (Å²) in [4.78, 5) is 65.0. The van der Waals surface area contributed by atoms with E-state index in [1.165, 1.54) is 30.5 Å². The van der Waals surface area contributed by atoms with Gasteiger partial charge in [0, 0.05) is 21.7 Å². The third kappa shape index (κ3) is 8.24. The first-order valence-electron chi connectivity index (χ1n) is 15.1. The number of nitrogens with two attached hydrogens (primary N) is 1. The summed E-state index contributed by atoms with van der Waals surface area (Å²) < 4.78 is 16.1. The van der Waals surface area contributed by atoms with E-state index in [9.17, 15) is 19.2 Å². The number of ether oxygens (including phenoxy) is 2. The van der Waals surface area contributed by atoms with Gasteiger partial charge in [0.05, 0.1) is 0 Å². The Morgan fingerprint density at radius 2 is 1.67 bits per heavy atom. The molecule has 3 heterocycles. The Morgan fingerprint density at radius 3 is 2.20 bits per heavy atom. The molecule has 0 unspecified atom stereocenters. The fraction of sp³-hybridized carbons (Fsp3) is 0.364. The molecule has 0 radical (unpaired) electrons. The third-order valence-corrected chi connectivity index (χ3v) is 10.0. The number of fused-ring (bicyclic) bond motifs is 1. The molecular weight excluding hydrogens is 783 g/mol. The maximum Gasteiger partial charge on any atom is 0.356 e. The molecule has 258 valence electrons.